The number of aromatic nitrogens is 1. The second kappa shape index (κ2) is 5.54. The van der Waals surface area contributed by atoms with Crippen LogP contribution < -0.4 is 5.32 Å². The van der Waals surface area contributed by atoms with Crippen LogP contribution in [0.3, 0.4) is 0 Å². The summed E-state index contributed by atoms with van der Waals surface area (Å²) in [5.74, 6) is -0.318. The predicted octanol–water partition coefficient (Wildman–Crippen LogP) is 1.97. The van der Waals surface area contributed by atoms with Crippen LogP contribution in [0.4, 0.5) is 10.1 Å². The normalized spacial score (nSPS) is 19.4. The molecule has 0 spiro atoms. The minimum Gasteiger partial charge on any atom is -0.381 e. The monoisotopic (exact) mass is 272 g/mol. The van der Waals surface area contributed by atoms with Crippen molar-refractivity contribution in [3.05, 3.63) is 36.3 Å². The molecule has 4 nitrogen and oxygen atoms in total. The topological polar surface area (TPSA) is 45.2 Å². The molecule has 3 rings (SSSR count). The Morgan fingerprint density at radius 3 is 3.25 bits per heavy atom. The summed E-state index contributed by atoms with van der Waals surface area (Å²) in [5, 5.41) is 4.11. The highest BCUT2D eigenvalue weighted by Gasteiger charge is 2.22. The van der Waals surface area contributed by atoms with Gasteiger partial charge in [-0.05, 0) is 24.6 Å². The third kappa shape index (κ3) is 2.63. The molecule has 2 aromatic rings. The van der Waals surface area contributed by atoms with E-state index in [-0.39, 0.29) is 11.9 Å². The molecule has 0 bridgehead atoms. The molecule has 0 unspecified atom stereocenters. The molecule has 0 aliphatic carbocycles. The van der Waals surface area contributed by atoms with Crippen molar-refractivity contribution in [1.82, 2.24) is 9.88 Å². The number of pyridine rings is 1. The van der Waals surface area contributed by atoms with E-state index < -0.39 is 0 Å². The van der Waals surface area contributed by atoms with Crippen molar-refractivity contribution in [3.63, 3.8) is 0 Å². The van der Waals surface area contributed by atoms with E-state index in [9.17, 15) is 9.18 Å². The SMILES string of the molecule is O=[C]CN1CC[C@@H](Nc2cc(F)c3ncccc3c2)C1. The molecule has 1 atom stereocenters. The van der Waals surface area contributed by atoms with Crippen LogP contribution in [-0.2, 0) is 4.79 Å². The van der Waals surface area contributed by atoms with Gasteiger partial charge in [-0.15, -0.1) is 0 Å². The number of nitrogens with zero attached hydrogens (tertiary/aromatic N) is 2. The van der Waals surface area contributed by atoms with Crippen LogP contribution in [-0.4, -0.2) is 41.8 Å². The van der Waals surface area contributed by atoms with Gasteiger partial charge in [0.15, 0.2) is 5.82 Å². The molecule has 0 amide bonds. The minimum atomic E-state index is -0.318. The lowest BCUT2D eigenvalue weighted by atomic mass is 10.1. The molecule has 1 radical (unpaired) electrons. The second-order valence-electron chi connectivity index (χ2n) is 5.04. The zero-order valence-electron chi connectivity index (χ0n) is 11.0. The predicted molar refractivity (Wildman–Crippen MR) is 75.9 cm³/mol. The number of carbonyl (C=O) groups excluding carboxylic acids is 1. The van der Waals surface area contributed by atoms with Crippen molar-refractivity contribution < 1.29 is 9.18 Å². The van der Waals surface area contributed by atoms with Gasteiger partial charge in [0.05, 0.1) is 6.54 Å². The summed E-state index contributed by atoms with van der Waals surface area (Å²) in [5.41, 5.74) is 1.14. The molecule has 1 N–H and O–H groups in total. The van der Waals surface area contributed by atoms with Crippen LogP contribution in [0.15, 0.2) is 30.5 Å². The van der Waals surface area contributed by atoms with E-state index in [1.165, 1.54) is 6.07 Å². The number of rotatable bonds is 4. The van der Waals surface area contributed by atoms with Crippen LogP contribution in [0.25, 0.3) is 10.9 Å². The minimum absolute atomic E-state index is 0.233. The van der Waals surface area contributed by atoms with Crippen molar-refractivity contribution in [2.75, 3.05) is 25.0 Å². The molecule has 1 aliphatic heterocycles. The fourth-order valence-corrected chi connectivity index (χ4v) is 2.65. The average Bonchev–Trinajstić information content (AvgIpc) is 2.87. The maximum atomic E-state index is 14.0. The molecule has 103 valence electrons. The molecule has 2 heterocycles. The van der Waals surface area contributed by atoms with Crippen molar-refractivity contribution in [3.8, 4) is 0 Å². The number of likely N-dealkylation sites (tertiary alicyclic amines) is 1. The van der Waals surface area contributed by atoms with E-state index in [0.717, 1.165) is 30.6 Å². The van der Waals surface area contributed by atoms with E-state index in [2.05, 4.69) is 10.3 Å². The van der Waals surface area contributed by atoms with Crippen LogP contribution >= 0.6 is 0 Å². The Hall–Kier alpha value is -2.01. The first-order valence-corrected chi connectivity index (χ1v) is 6.64. The van der Waals surface area contributed by atoms with Gasteiger partial charge in [-0.2, -0.15) is 0 Å². The summed E-state index contributed by atoms with van der Waals surface area (Å²) in [7, 11) is 0. The third-order valence-electron chi connectivity index (χ3n) is 3.59. The van der Waals surface area contributed by atoms with Crippen molar-refractivity contribution >= 4 is 22.9 Å². The van der Waals surface area contributed by atoms with Gasteiger partial charge in [0.25, 0.3) is 0 Å². The third-order valence-corrected chi connectivity index (χ3v) is 3.59. The summed E-state index contributed by atoms with van der Waals surface area (Å²) < 4.78 is 14.0. The summed E-state index contributed by atoms with van der Waals surface area (Å²) >= 11 is 0. The molecule has 1 aliphatic rings. The maximum absolute atomic E-state index is 14.0. The highest BCUT2D eigenvalue weighted by Crippen LogP contribution is 2.23. The Morgan fingerprint density at radius 2 is 2.40 bits per heavy atom. The molecular weight excluding hydrogens is 257 g/mol. The number of benzene rings is 1. The van der Waals surface area contributed by atoms with Gasteiger partial charge in [-0.3, -0.25) is 14.7 Å². The van der Waals surface area contributed by atoms with Gasteiger partial charge in [0.1, 0.15) is 5.52 Å². The van der Waals surface area contributed by atoms with Gasteiger partial charge in [-0.25, -0.2) is 4.39 Å². The number of hydrogen-bond acceptors (Lipinski definition) is 4. The van der Waals surface area contributed by atoms with E-state index >= 15 is 0 Å². The number of halogens is 1. The fourth-order valence-electron chi connectivity index (χ4n) is 2.65. The number of hydrogen-bond donors (Lipinski definition) is 1. The lowest BCUT2D eigenvalue weighted by Crippen LogP contribution is -2.27. The molecule has 0 saturated carbocycles. The molecule has 1 aromatic heterocycles. The Morgan fingerprint density at radius 1 is 1.50 bits per heavy atom. The van der Waals surface area contributed by atoms with Crippen molar-refractivity contribution in [2.24, 2.45) is 0 Å². The highest BCUT2D eigenvalue weighted by atomic mass is 19.1. The number of fused-ring (bicyclic) bond motifs is 1. The van der Waals surface area contributed by atoms with Crippen LogP contribution in [0.5, 0.6) is 0 Å². The van der Waals surface area contributed by atoms with Gasteiger partial charge in [-0.1, -0.05) is 6.07 Å². The van der Waals surface area contributed by atoms with Gasteiger partial charge >= 0.3 is 0 Å². The fraction of sp³-hybridized carbons (Fsp3) is 0.333. The number of anilines is 1. The Labute approximate surface area is 116 Å². The lowest BCUT2D eigenvalue weighted by Gasteiger charge is -2.15. The summed E-state index contributed by atoms with van der Waals surface area (Å²) in [4.78, 5) is 16.4. The molecule has 1 saturated heterocycles. The molecule has 5 heteroatoms. The van der Waals surface area contributed by atoms with E-state index in [0.29, 0.717) is 12.1 Å². The quantitative estimate of drug-likeness (QED) is 0.924. The van der Waals surface area contributed by atoms with Crippen molar-refractivity contribution in [2.45, 2.75) is 12.5 Å². The summed E-state index contributed by atoms with van der Waals surface area (Å²) in [6.07, 6.45) is 4.43. The van der Waals surface area contributed by atoms with Crippen LogP contribution in [0.2, 0.25) is 0 Å². The highest BCUT2D eigenvalue weighted by molar-refractivity contribution is 5.82. The Balaban J connectivity index is 1.76. The number of nitrogens with one attached hydrogen (secondary N) is 1. The van der Waals surface area contributed by atoms with Gasteiger partial charge in [0.2, 0.25) is 6.29 Å². The second-order valence-corrected chi connectivity index (χ2v) is 5.04. The summed E-state index contributed by atoms with van der Waals surface area (Å²) in [6, 6.07) is 7.25. The van der Waals surface area contributed by atoms with E-state index in [1.807, 2.05) is 23.3 Å². The van der Waals surface area contributed by atoms with Crippen molar-refractivity contribution in [1.29, 1.82) is 0 Å². The van der Waals surface area contributed by atoms with Gasteiger partial charge in [0, 0.05) is 36.4 Å². The zero-order chi connectivity index (χ0) is 13.9. The lowest BCUT2D eigenvalue weighted by molar-refractivity contribution is 0.375. The first-order chi connectivity index (χ1) is 9.76. The van der Waals surface area contributed by atoms with E-state index in [1.54, 1.807) is 12.3 Å². The molecule has 1 aromatic carbocycles. The molecule has 1 fully saturated rings. The standard InChI is InChI=1S/C15H15FN3O/c16-14-9-13(8-11-2-1-4-17-15(11)14)18-12-3-5-19(10-12)6-7-20/h1-2,4,8-9,12,18H,3,5-6,10H2/t12-/m1/s1. The zero-order valence-corrected chi connectivity index (χ0v) is 11.0. The Bertz CT molecular complexity index is 632. The molecular formula is C15H15FN3O. The van der Waals surface area contributed by atoms with E-state index in [4.69, 9.17) is 0 Å². The largest absolute Gasteiger partial charge is 0.381 e. The smallest absolute Gasteiger partial charge is 0.213 e. The average molecular weight is 272 g/mol. The van der Waals surface area contributed by atoms with Crippen LogP contribution in [0, 0.1) is 5.82 Å². The maximum Gasteiger partial charge on any atom is 0.213 e. The Kier molecular flexibility index (Phi) is 3.60. The van der Waals surface area contributed by atoms with Crippen LogP contribution in [0.1, 0.15) is 6.42 Å². The first kappa shape index (κ1) is 13.0. The van der Waals surface area contributed by atoms with Gasteiger partial charge < -0.3 is 5.32 Å². The first-order valence-electron chi connectivity index (χ1n) is 6.64. The summed E-state index contributed by atoms with van der Waals surface area (Å²) in [6.45, 7) is 1.99. The molecule has 20 heavy (non-hydrogen) atoms.